The molecule has 1 N–H and O–H groups in total. The molecule has 1 aromatic heterocycles. The van der Waals surface area contributed by atoms with Crippen LogP contribution < -0.4 is 0 Å². The number of hydrogen-bond donors (Lipinski definition) is 1. The molecular formula is C17H21NO2S. The maximum absolute atomic E-state index is 11.2. The third kappa shape index (κ3) is 3.93. The molecule has 21 heavy (non-hydrogen) atoms. The van der Waals surface area contributed by atoms with E-state index in [9.17, 15) is 9.90 Å². The van der Waals surface area contributed by atoms with Crippen molar-refractivity contribution in [2.45, 2.75) is 26.3 Å². The van der Waals surface area contributed by atoms with Crippen LogP contribution in [0.1, 0.15) is 38.6 Å². The van der Waals surface area contributed by atoms with Crippen LogP contribution in [-0.2, 0) is 6.42 Å². The Morgan fingerprint density at radius 2 is 2.00 bits per heavy atom. The van der Waals surface area contributed by atoms with Crippen molar-refractivity contribution >= 4 is 17.3 Å². The van der Waals surface area contributed by atoms with E-state index in [0.29, 0.717) is 11.6 Å². The van der Waals surface area contributed by atoms with E-state index in [4.69, 9.17) is 0 Å². The molecule has 2 rings (SSSR count). The van der Waals surface area contributed by atoms with Gasteiger partial charge in [0.25, 0.3) is 0 Å². The summed E-state index contributed by atoms with van der Waals surface area (Å²) in [4.78, 5) is 16.1. The van der Waals surface area contributed by atoms with Gasteiger partial charge in [-0.3, -0.25) is 4.90 Å². The number of benzene rings is 1. The molecule has 0 aliphatic heterocycles. The highest BCUT2D eigenvalue weighted by Crippen LogP contribution is 2.26. The van der Waals surface area contributed by atoms with Crippen molar-refractivity contribution in [3.8, 4) is 0 Å². The summed E-state index contributed by atoms with van der Waals surface area (Å²) in [5, 5.41) is 9.21. The second kappa shape index (κ2) is 6.87. The van der Waals surface area contributed by atoms with E-state index in [2.05, 4.69) is 37.9 Å². The zero-order chi connectivity index (χ0) is 15.4. The van der Waals surface area contributed by atoms with Crippen LogP contribution in [0.3, 0.4) is 0 Å². The van der Waals surface area contributed by atoms with Gasteiger partial charge in [-0.15, -0.1) is 11.3 Å². The number of carbonyl (C=O) groups is 1. The molecule has 0 aliphatic carbocycles. The average molecular weight is 303 g/mol. The quantitative estimate of drug-likeness (QED) is 0.877. The molecule has 1 aromatic carbocycles. The lowest BCUT2D eigenvalue weighted by molar-refractivity contribution is 0.0695. The van der Waals surface area contributed by atoms with Crippen molar-refractivity contribution in [2.24, 2.45) is 0 Å². The Balaban J connectivity index is 2.01. The number of likely N-dealkylation sites (N-methyl/N-ethyl adjacent to an activating group) is 1. The standard InChI is InChI=1S/C17H21NO2S/c1-12-8-9-16(21-12)13(2)18(3)11-10-14-6-4-5-7-15(14)17(19)20/h4-9,13H,10-11H2,1-3H3,(H,19,20). The molecule has 0 aliphatic rings. The van der Waals surface area contributed by atoms with E-state index < -0.39 is 5.97 Å². The molecule has 1 heterocycles. The van der Waals surface area contributed by atoms with Gasteiger partial charge in [0.15, 0.2) is 0 Å². The van der Waals surface area contributed by atoms with E-state index in [1.807, 2.05) is 23.5 Å². The molecule has 0 saturated heterocycles. The van der Waals surface area contributed by atoms with Crippen molar-refractivity contribution in [1.29, 1.82) is 0 Å². The Morgan fingerprint density at radius 1 is 1.29 bits per heavy atom. The Bertz CT molecular complexity index is 621. The number of hydrogen-bond acceptors (Lipinski definition) is 3. The first-order valence-corrected chi connectivity index (χ1v) is 7.88. The zero-order valence-electron chi connectivity index (χ0n) is 12.7. The molecule has 0 fully saturated rings. The molecule has 0 bridgehead atoms. The summed E-state index contributed by atoms with van der Waals surface area (Å²) >= 11 is 1.82. The first-order chi connectivity index (χ1) is 9.99. The third-order valence-corrected chi connectivity index (χ3v) is 4.99. The van der Waals surface area contributed by atoms with Gasteiger partial charge in [-0.05, 0) is 51.1 Å². The molecule has 0 spiro atoms. The van der Waals surface area contributed by atoms with Gasteiger partial charge in [0, 0.05) is 22.3 Å². The Morgan fingerprint density at radius 3 is 2.62 bits per heavy atom. The summed E-state index contributed by atoms with van der Waals surface area (Å²) in [6, 6.07) is 11.9. The lowest BCUT2D eigenvalue weighted by Crippen LogP contribution is -2.24. The highest BCUT2D eigenvalue weighted by Gasteiger charge is 2.15. The lowest BCUT2D eigenvalue weighted by atomic mass is 10.0. The molecule has 2 aromatic rings. The van der Waals surface area contributed by atoms with Crippen LogP contribution >= 0.6 is 11.3 Å². The molecule has 3 nitrogen and oxygen atoms in total. The normalized spacial score (nSPS) is 12.6. The number of nitrogens with zero attached hydrogens (tertiary/aromatic N) is 1. The number of aryl methyl sites for hydroxylation is 1. The van der Waals surface area contributed by atoms with E-state index in [0.717, 1.165) is 18.5 Å². The summed E-state index contributed by atoms with van der Waals surface area (Å²) in [5.41, 5.74) is 1.30. The predicted molar refractivity (Wildman–Crippen MR) is 87.2 cm³/mol. The molecule has 0 amide bonds. The van der Waals surface area contributed by atoms with E-state index in [-0.39, 0.29) is 0 Å². The first kappa shape index (κ1) is 15.7. The van der Waals surface area contributed by atoms with Crippen molar-refractivity contribution < 1.29 is 9.90 Å². The SMILES string of the molecule is Cc1ccc(C(C)N(C)CCc2ccccc2C(=O)O)s1. The molecular weight excluding hydrogens is 282 g/mol. The molecule has 0 saturated carbocycles. The first-order valence-electron chi connectivity index (χ1n) is 7.07. The Kier molecular flexibility index (Phi) is 5.15. The van der Waals surface area contributed by atoms with Crippen molar-refractivity contribution in [3.63, 3.8) is 0 Å². The summed E-state index contributed by atoms with van der Waals surface area (Å²) in [5.74, 6) is -0.852. The second-order valence-corrected chi connectivity index (χ2v) is 6.64. The highest BCUT2D eigenvalue weighted by molar-refractivity contribution is 7.12. The monoisotopic (exact) mass is 303 g/mol. The van der Waals surface area contributed by atoms with E-state index in [1.54, 1.807) is 12.1 Å². The summed E-state index contributed by atoms with van der Waals surface area (Å²) < 4.78 is 0. The Hall–Kier alpha value is -1.65. The molecule has 112 valence electrons. The third-order valence-electron chi connectivity index (χ3n) is 3.82. The summed E-state index contributed by atoms with van der Waals surface area (Å²) in [6.45, 7) is 5.14. The fourth-order valence-electron chi connectivity index (χ4n) is 2.33. The lowest BCUT2D eigenvalue weighted by Gasteiger charge is -2.24. The maximum atomic E-state index is 11.2. The fourth-order valence-corrected chi connectivity index (χ4v) is 3.33. The van der Waals surface area contributed by atoms with Crippen molar-refractivity contribution in [1.82, 2.24) is 4.90 Å². The number of carboxylic acids is 1. The van der Waals surface area contributed by atoms with Crippen LogP contribution in [0.4, 0.5) is 0 Å². The van der Waals surface area contributed by atoms with Gasteiger partial charge in [0.1, 0.15) is 0 Å². The molecule has 1 atom stereocenters. The van der Waals surface area contributed by atoms with Crippen LogP contribution in [0.5, 0.6) is 0 Å². The summed E-state index contributed by atoms with van der Waals surface area (Å²) in [7, 11) is 2.09. The topological polar surface area (TPSA) is 40.5 Å². The number of carboxylic acid groups (broad SMARTS) is 1. The van der Waals surface area contributed by atoms with Crippen LogP contribution in [0, 0.1) is 6.92 Å². The maximum Gasteiger partial charge on any atom is 0.335 e. The van der Waals surface area contributed by atoms with Crippen LogP contribution in [0.25, 0.3) is 0 Å². The average Bonchev–Trinajstić information content (AvgIpc) is 2.90. The predicted octanol–water partition coefficient (Wildman–Crippen LogP) is 3.99. The van der Waals surface area contributed by atoms with Gasteiger partial charge in [-0.25, -0.2) is 4.79 Å². The van der Waals surface area contributed by atoms with Crippen molar-refractivity contribution in [2.75, 3.05) is 13.6 Å². The van der Waals surface area contributed by atoms with Gasteiger partial charge >= 0.3 is 5.97 Å². The minimum absolute atomic E-state index is 0.348. The minimum Gasteiger partial charge on any atom is -0.478 e. The van der Waals surface area contributed by atoms with Crippen LogP contribution in [0.15, 0.2) is 36.4 Å². The van der Waals surface area contributed by atoms with Gasteiger partial charge < -0.3 is 5.11 Å². The molecule has 0 radical (unpaired) electrons. The minimum atomic E-state index is -0.852. The number of thiophene rings is 1. The molecule has 4 heteroatoms. The number of aromatic carboxylic acids is 1. The van der Waals surface area contributed by atoms with Crippen molar-refractivity contribution in [3.05, 3.63) is 57.3 Å². The second-order valence-electron chi connectivity index (χ2n) is 5.32. The van der Waals surface area contributed by atoms with Gasteiger partial charge in [0.05, 0.1) is 5.56 Å². The zero-order valence-corrected chi connectivity index (χ0v) is 13.5. The smallest absolute Gasteiger partial charge is 0.335 e. The van der Waals surface area contributed by atoms with Gasteiger partial charge in [-0.2, -0.15) is 0 Å². The molecule has 1 unspecified atom stereocenters. The van der Waals surface area contributed by atoms with E-state index >= 15 is 0 Å². The fraction of sp³-hybridized carbons (Fsp3) is 0.353. The largest absolute Gasteiger partial charge is 0.478 e. The highest BCUT2D eigenvalue weighted by atomic mass is 32.1. The van der Waals surface area contributed by atoms with Gasteiger partial charge in [-0.1, -0.05) is 18.2 Å². The van der Waals surface area contributed by atoms with Gasteiger partial charge in [0.2, 0.25) is 0 Å². The summed E-state index contributed by atoms with van der Waals surface area (Å²) in [6.07, 6.45) is 0.744. The van der Waals surface area contributed by atoms with Crippen LogP contribution in [0.2, 0.25) is 0 Å². The van der Waals surface area contributed by atoms with E-state index in [1.165, 1.54) is 9.75 Å². The van der Waals surface area contributed by atoms with Crippen LogP contribution in [-0.4, -0.2) is 29.6 Å². The number of rotatable bonds is 6. The Labute approximate surface area is 129 Å².